The fourth-order valence-electron chi connectivity index (χ4n) is 2.44. The third-order valence-corrected chi connectivity index (χ3v) is 3.89. The summed E-state index contributed by atoms with van der Waals surface area (Å²) in [7, 11) is 0. The number of ether oxygens (including phenoxy) is 4. The molecule has 2 N–H and O–H groups in total. The van der Waals surface area contributed by atoms with Gasteiger partial charge >= 0.3 is 17.9 Å². The molecule has 0 aliphatic carbocycles. The van der Waals surface area contributed by atoms with Gasteiger partial charge in [0, 0.05) is 20.8 Å². The Kier molecular flexibility index (Phi) is 6.74. The van der Waals surface area contributed by atoms with Gasteiger partial charge in [-0.1, -0.05) is 5.21 Å². The average molecular weight is 402 g/mol. The summed E-state index contributed by atoms with van der Waals surface area (Å²) < 4.78 is 22.3. The second kappa shape index (κ2) is 8.81. The predicted octanol–water partition coefficient (Wildman–Crippen LogP) is -0.227. The lowest BCUT2D eigenvalue weighted by molar-refractivity contribution is -0.166. The second-order valence-electron chi connectivity index (χ2n) is 5.47. The minimum absolute atomic E-state index is 0.195. The molecule has 2 rings (SSSR count). The third kappa shape index (κ3) is 5.65. The molecule has 1 aliphatic heterocycles. The molecule has 148 valence electrons. The van der Waals surface area contributed by atoms with Crippen LogP contribution >= 0.6 is 11.8 Å². The predicted molar refractivity (Wildman–Crippen MR) is 87.1 cm³/mol. The average Bonchev–Trinajstić information content (AvgIpc) is 3.10. The summed E-state index contributed by atoms with van der Waals surface area (Å²) in [6.45, 7) is 3.33. The van der Waals surface area contributed by atoms with Crippen LogP contribution in [0.1, 0.15) is 27.0 Å². The number of aromatic nitrogens is 3. The largest absolute Gasteiger partial charge is 0.463 e. The molecule has 1 aromatic heterocycles. The van der Waals surface area contributed by atoms with Crippen molar-refractivity contribution >= 4 is 34.9 Å². The van der Waals surface area contributed by atoms with Crippen molar-refractivity contribution in [3.8, 4) is 0 Å². The molecule has 13 heteroatoms. The smallest absolute Gasteiger partial charge is 0.303 e. The Balaban J connectivity index is 2.30. The molecule has 0 radical (unpaired) electrons. The minimum atomic E-state index is -1.08. The molecule has 0 saturated carbocycles. The van der Waals surface area contributed by atoms with E-state index in [-0.39, 0.29) is 11.6 Å². The summed E-state index contributed by atoms with van der Waals surface area (Å²) in [5, 5.41) is 7.10. The summed E-state index contributed by atoms with van der Waals surface area (Å²) >= 11 is 0.646. The van der Waals surface area contributed by atoms with E-state index in [1.807, 2.05) is 0 Å². The molecule has 1 fully saturated rings. The number of rotatable bonds is 6. The van der Waals surface area contributed by atoms with Crippen LogP contribution in [-0.2, 0) is 33.3 Å². The maximum atomic E-state index is 11.5. The zero-order valence-corrected chi connectivity index (χ0v) is 15.5. The van der Waals surface area contributed by atoms with Crippen LogP contribution in [0.3, 0.4) is 0 Å². The number of esters is 3. The maximum absolute atomic E-state index is 11.5. The number of nitrogens with zero attached hydrogens (tertiary/aromatic N) is 3. The van der Waals surface area contributed by atoms with E-state index >= 15 is 0 Å². The van der Waals surface area contributed by atoms with Gasteiger partial charge in [0.05, 0.1) is 6.20 Å². The van der Waals surface area contributed by atoms with Crippen LogP contribution in [0.4, 0.5) is 4.79 Å². The van der Waals surface area contributed by atoms with Gasteiger partial charge < -0.3 is 24.7 Å². The van der Waals surface area contributed by atoms with Gasteiger partial charge in [-0.3, -0.25) is 19.2 Å². The van der Waals surface area contributed by atoms with Crippen molar-refractivity contribution in [2.24, 2.45) is 5.73 Å². The molecule has 1 aromatic rings. The molecule has 1 aliphatic rings. The SMILES string of the molecule is CC(=O)OC[C@H]1O[C@@H](n2cc(SC(N)=O)nn2)[C@H](OC(C)=O)[C@@H]1OC(C)=O. The normalized spacial score (nSPS) is 24.3. The number of primary amides is 1. The van der Waals surface area contributed by atoms with E-state index in [4.69, 9.17) is 24.7 Å². The highest BCUT2D eigenvalue weighted by Gasteiger charge is 2.51. The van der Waals surface area contributed by atoms with Crippen LogP contribution in [0.15, 0.2) is 11.2 Å². The van der Waals surface area contributed by atoms with Crippen LogP contribution in [0.25, 0.3) is 0 Å². The molecular formula is C14H18N4O8S. The molecule has 12 nitrogen and oxygen atoms in total. The van der Waals surface area contributed by atoms with Gasteiger partial charge in [0.1, 0.15) is 17.7 Å². The van der Waals surface area contributed by atoms with Crippen LogP contribution in [0.2, 0.25) is 0 Å². The fourth-order valence-corrected chi connectivity index (χ4v) is 2.88. The van der Waals surface area contributed by atoms with Crippen LogP contribution in [-0.4, -0.2) is 63.1 Å². The highest BCUT2D eigenvalue weighted by molar-refractivity contribution is 8.13. The quantitative estimate of drug-likeness (QED) is 0.380. The van der Waals surface area contributed by atoms with Gasteiger partial charge in [-0.15, -0.1) is 5.10 Å². The van der Waals surface area contributed by atoms with Crippen LogP contribution in [0.5, 0.6) is 0 Å². The van der Waals surface area contributed by atoms with Crippen molar-refractivity contribution in [1.29, 1.82) is 0 Å². The first-order valence-corrected chi connectivity index (χ1v) is 8.51. The lowest BCUT2D eigenvalue weighted by Gasteiger charge is -2.23. The zero-order chi connectivity index (χ0) is 20.1. The molecule has 0 spiro atoms. The van der Waals surface area contributed by atoms with Gasteiger partial charge in [0.15, 0.2) is 18.4 Å². The van der Waals surface area contributed by atoms with Gasteiger partial charge in [-0.25, -0.2) is 4.68 Å². The summed E-state index contributed by atoms with van der Waals surface area (Å²) in [5.41, 5.74) is 5.09. The molecule has 1 saturated heterocycles. The number of carbonyl (C=O) groups excluding carboxylic acids is 4. The van der Waals surface area contributed by atoms with Crippen molar-refractivity contribution in [2.75, 3.05) is 6.61 Å². The maximum Gasteiger partial charge on any atom is 0.303 e. The lowest BCUT2D eigenvalue weighted by atomic mass is 10.1. The highest BCUT2D eigenvalue weighted by atomic mass is 32.2. The standard InChI is InChI=1S/C14H18N4O8S/c1-6(19)23-5-9-11(24-7(2)20)12(25-8(3)21)13(26-9)18-4-10(16-17-18)27-14(15)22/h4,9,11-13H,5H2,1-3H3,(H2,15,22)/t9-,11-,12-,13-/m1/s1. The summed E-state index contributed by atoms with van der Waals surface area (Å²) in [4.78, 5) is 45.1. The number of nitrogens with two attached hydrogens (primary N) is 1. The van der Waals surface area contributed by atoms with Crippen molar-refractivity contribution in [3.05, 3.63) is 6.20 Å². The Morgan fingerprint density at radius 2 is 1.78 bits per heavy atom. The number of thioether (sulfide) groups is 1. The monoisotopic (exact) mass is 402 g/mol. The Morgan fingerprint density at radius 3 is 2.33 bits per heavy atom. The topological polar surface area (TPSA) is 162 Å². The van der Waals surface area contributed by atoms with Gasteiger partial charge in [0.2, 0.25) is 0 Å². The zero-order valence-electron chi connectivity index (χ0n) is 14.7. The molecule has 27 heavy (non-hydrogen) atoms. The number of amides is 1. The van der Waals surface area contributed by atoms with E-state index in [1.165, 1.54) is 31.6 Å². The fraction of sp³-hybridized carbons (Fsp3) is 0.571. The number of carbonyl (C=O) groups is 4. The summed E-state index contributed by atoms with van der Waals surface area (Å²) in [6.07, 6.45) is -2.72. The highest BCUT2D eigenvalue weighted by Crippen LogP contribution is 2.34. The van der Waals surface area contributed by atoms with E-state index in [9.17, 15) is 19.2 Å². The Bertz CT molecular complexity index is 738. The molecule has 1 amide bonds. The van der Waals surface area contributed by atoms with Crippen LogP contribution in [0, 0.1) is 0 Å². The molecule has 0 aromatic carbocycles. The van der Waals surface area contributed by atoms with Crippen molar-refractivity contribution in [1.82, 2.24) is 15.0 Å². The molecule has 2 heterocycles. The second-order valence-corrected chi connectivity index (χ2v) is 6.50. The van der Waals surface area contributed by atoms with E-state index in [0.717, 1.165) is 0 Å². The first kappa shape index (κ1) is 20.6. The Labute approximate surface area is 157 Å². The van der Waals surface area contributed by atoms with Crippen LogP contribution < -0.4 is 5.73 Å². The van der Waals surface area contributed by atoms with Gasteiger partial charge in [0.25, 0.3) is 5.24 Å². The third-order valence-electron chi connectivity index (χ3n) is 3.30. The summed E-state index contributed by atoms with van der Waals surface area (Å²) in [6, 6.07) is 0. The van der Waals surface area contributed by atoms with E-state index < -0.39 is 47.7 Å². The van der Waals surface area contributed by atoms with Crippen molar-refractivity contribution < 1.29 is 38.1 Å². The molecule has 4 atom stereocenters. The number of hydrogen-bond donors (Lipinski definition) is 1. The Morgan fingerprint density at radius 1 is 1.15 bits per heavy atom. The molecule has 0 unspecified atom stereocenters. The van der Waals surface area contributed by atoms with E-state index in [2.05, 4.69) is 10.3 Å². The minimum Gasteiger partial charge on any atom is -0.463 e. The van der Waals surface area contributed by atoms with E-state index in [1.54, 1.807) is 0 Å². The molecule has 0 bridgehead atoms. The number of hydrogen-bond acceptors (Lipinski definition) is 11. The van der Waals surface area contributed by atoms with E-state index in [0.29, 0.717) is 11.8 Å². The lowest BCUT2D eigenvalue weighted by Crippen LogP contribution is -2.40. The Hall–Kier alpha value is -2.67. The van der Waals surface area contributed by atoms with Crippen molar-refractivity contribution in [2.45, 2.75) is 50.3 Å². The first-order chi connectivity index (χ1) is 12.7. The summed E-state index contributed by atoms with van der Waals surface area (Å²) in [5.74, 6) is -1.85. The van der Waals surface area contributed by atoms with Crippen molar-refractivity contribution in [3.63, 3.8) is 0 Å². The molecular weight excluding hydrogens is 384 g/mol. The first-order valence-electron chi connectivity index (χ1n) is 7.69. The van der Waals surface area contributed by atoms with Gasteiger partial charge in [-0.2, -0.15) is 0 Å². The van der Waals surface area contributed by atoms with Gasteiger partial charge in [-0.05, 0) is 11.8 Å².